The molecule has 0 aliphatic heterocycles. The molecule has 1 amide bonds. The number of rotatable bonds is 6. The summed E-state index contributed by atoms with van der Waals surface area (Å²) in [6.07, 6.45) is 1.19. The quantitative estimate of drug-likeness (QED) is 0.873. The maximum absolute atomic E-state index is 12.1. The van der Waals surface area contributed by atoms with E-state index in [2.05, 4.69) is 5.32 Å². The van der Waals surface area contributed by atoms with Gasteiger partial charge in [0.1, 0.15) is 0 Å². The van der Waals surface area contributed by atoms with Gasteiger partial charge in [-0.05, 0) is 43.8 Å². The van der Waals surface area contributed by atoms with Crippen LogP contribution in [0.15, 0.2) is 59.5 Å². The first kappa shape index (κ1) is 18.2. The average molecular weight is 346 g/mol. The Labute approximate surface area is 143 Å². The molecular formula is C18H22N2O3S. The number of carbonyl (C=O) groups is 1. The predicted octanol–water partition coefficient (Wildman–Crippen LogP) is 2.72. The number of sulfone groups is 1. The first-order valence-electron chi connectivity index (χ1n) is 7.62. The standard InChI is InChI=1S/C18H22N2O3S/c1-14(15-9-11-17(12-10-15)24(3,22)23)20(2)13-18(21)19-16-7-5-4-6-8-16/h4-12,14H,13H2,1-3H3,(H,19,21). The molecule has 128 valence electrons. The van der Waals surface area contributed by atoms with Crippen LogP contribution in [0.3, 0.4) is 0 Å². The molecule has 0 aliphatic carbocycles. The number of nitrogens with zero attached hydrogens (tertiary/aromatic N) is 1. The number of amides is 1. The van der Waals surface area contributed by atoms with Crippen molar-refractivity contribution < 1.29 is 13.2 Å². The zero-order valence-electron chi connectivity index (χ0n) is 14.1. The summed E-state index contributed by atoms with van der Waals surface area (Å²) in [6, 6.07) is 16.1. The van der Waals surface area contributed by atoms with Crippen LogP contribution in [0.25, 0.3) is 0 Å². The highest BCUT2D eigenvalue weighted by atomic mass is 32.2. The largest absolute Gasteiger partial charge is 0.325 e. The van der Waals surface area contributed by atoms with Gasteiger partial charge in [-0.25, -0.2) is 8.42 Å². The third kappa shape index (κ3) is 4.91. The molecule has 0 radical (unpaired) electrons. The first-order valence-corrected chi connectivity index (χ1v) is 9.51. The SMILES string of the molecule is CC(c1ccc(S(C)(=O)=O)cc1)N(C)CC(=O)Nc1ccccc1. The van der Waals surface area contributed by atoms with Crippen LogP contribution < -0.4 is 5.32 Å². The number of nitrogens with one attached hydrogen (secondary N) is 1. The Morgan fingerprint density at radius 2 is 1.67 bits per heavy atom. The zero-order chi connectivity index (χ0) is 17.7. The molecule has 6 heteroatoms. The maximum Gasteiger partial charge on any atom is 0.238 e. The van der Waals surface area contributed by atoms with Gasteiger partial charge in [0, 0.05) is 18.0 Å². The van der Waals surface area contributed by atoms with Crippen molar-refractivity contribution in [3.63, 3.8) is 0 Å². The Morgan fingerprint density at radius 3 is 2.21 bits per heavy atom. The highest BCUT2D eigenvalue weighted by molar-refractivity contribution is 7.90. The lowest BCUT2D eigenvalue weighted by molar-refractivity contribution is -0.117. The van der Waals surface area contributed by atoms with Crippen molar-refractivity contribution in [1.29, 1.82) is 0 Å². The molecule has 0 aromatic heterocycles. The summed E-state index contributed by atoms with van der Waals surface area (Å²) in [5, 5.41) is 2.85. The lowest BCUT2D eigenvalue weighted by atomic mass is 10.1. The second kappa shape index (κ2) is 7.59. The fourth-order valence-electron chi connectivity index (χ4n) is 2.33. The monoisotopic (exact) mass is 346 g/mol. The third-order valence-corrected chi connectivity index (χ3v) is 5.03. The van der Waals surface area contributed by atoms with Gasteiger partial charge in [-0.1, -0.05) is 30.3 Å². The molecule has 1 atom stereocenters. The molecule has 2 aromatic carbocycles. The summed E-state index contributed by atoms with van der Waals surface area (Å²) in [5.41, 5.74) is 1.72. The van der Waals surface area contributed by atoms with Crippen molar-refractivity contribution in [2.24, 2.45) is 0 Å². The van der Waals surface area contributed by atoms with E-state index in [-0.39, 0.29) is 18.5 Å². The van der Waals surface area contributed by atoms with Crippen LogP contribution in [0.4, 0.5) is 5.69 Å². The molecule has 0 fully saturated rings. The number of hydrogen-bond acceptors (Lipinski definition) is 4. The van der Waals surface area contributed by atoms with Crippen LogP contribution >= 0.6 is 0 Å². The zero-order valence-corrected chi connectivity index (χ0v) is 14.9. The predicted molar refractivity (Wildman–Crippen MR) is 95.7 cm³/mol. The van der Waals surface area contributed by atoms with Crippen LogP contribution in [0, 0.1) is 0 Å². The van der Waals surface area contributed by atoms with Gasteiger partial charge in [0.05, 0.1) is 11.4 Å². The Morgan fingerprint density at radius 1 is 1.08 bits per heavy atom. The van der Waals surface area contributed by atoms with Crippen molar-refractivity contribution >= 4 is 21.4 Å². The molecule has 2 aromatic rings. The average Bonchev–Trinajstić information content (AvgIpc) is 2.54. The molecule has 1 unspecified atom stereocenters. The molecule has 0 saturated carbocycles. The van der Waals surface area contributed by atoms with Crippen LogP contribution in [-0.2, 0) is 14.6 Å². The van der Waals surface area contributed by atoms with Gasteiger partial charge in [-0.3, -0.25) is 9.69 Å². The summed E-state index contributed by atoms with van der Waals surface area (Å²) in [6.45, 7) is 2.22. The number of para-hydroxylation sites is 1. The minimum absolute atomic E-state index is 0.0138. The van der Waals surface area contributed by atoms with Gasteiger partial charge in [0.15, 0.2) is 9.84 Å². The van der Waals surface area contributed by atoms with E-state index in [4.69, 9.17) is 0 Å². The van der Waals surface area contributed by atoms with E-state index in [9.17, 15) is 13.2 Å². The Balaban J connectivity index is 1.98. The molecule has 0 heterocycles. The summed E-state index contributed by atoms with van der Waals surface area (Å²) in [7, 11) is -1.34. The van der Waals surface area contributed by atoms with E-state index >= 15 is 0 Å². The molecule has 5 nitrogen and oxygen atoms in total. The molecule has 2 rings (SSSR count). The van der Waals surface area contributed by atoms with Crippen molar-refractivity contribution in [3.8, 4) is 0 Å². The Kier molecular flexibility index (Phi) is 5.75. The first-order chi connectivity index (χ1) is 11.3. The van der Waals surface area contributed by atoms with Crippen molar-refractivity contribution in [3.05, 3.63) is 60.2 Å². The van der Waals surface area contributed by atoms with Crippen LogP contribution in [0.1, 0.15) is 18.5 Å². The maximum atomic E-state index is 12.1. The fourth-order valence-corrected chi connectivity index (χ4v) is 2.96. The van der Waals surface area contributed by atoms with E-state index in [0.717, 1.165) is 11.3 Å². The lowest BCUT2D eigenvalue weighted by Crippen LogP contribution is -2.32. The summed E-state index contributed by atoms with van der Waals surface area (Å²) in [4.78, 5) is 14.3. The third-order valence-electron chi connectivity index (χ3n) is 3.90. The molecular weight excluding hydrogens is 324 g/mol. The normalized spacial score (nSPS) is 12.8. The van der Waals surface area contributed by atoms with E-state index in [0.29, 0.717) is 4.90 Å². The molecule has 0 aliphatic rings. The summed E-state index contributed by atoms with van der Waals surface area (Å²) in [5.74, 6) is -0.0942. The highest BCUT2D eigenvalue weighted by Crippen LogP contribution is 2.20. The lowest BCUT2D eigenvalue weighted by Gasteiger charge is -2.24. The van der Waals surface area contributed by atoms with Gasteiger partial charge in [-0.15, -0.1) is 0 Å². The van der Waals surface area contributed by atoms with Gasteiger partial charge in [-0.2, -0.15) is 0 Å². The number of carbonyl (C=O) groups excluding carboxylic acids is 1. The molecule has 0 saturated heterocycles. The van der Waals surface area contributed by atoms with E-state index < -0.39 is 9.84 Å². The molecule has 24 heavy (non-hydrogen) atoms. The van der Waals surface area contributed by atoms with Crippen LogP contribution in [0.5, 0.6) is 0 Å². The number of hydrogen-bond donors (Lipinski definition) is 1. The minimum Gasteiger partial charge on any atom is -0.325 e. The van der Waals surface area contributed by atoms with Gasteiger partial charge in [0.2, 0.25) is 5.91 Å². The van der Waals surface area contributed by atoms with Crippen molar-refractivity contribution in [2.75, 3.05) is 25.2 Å². The van der Waals surface area contributed by atoms with E-state index in [1.54, 1.807) is 24.3 Å². The van der Waals surface area contributed by atoms with E-state index in [1.165, 1.54) is 6.26 Å². The van der Waals surface area contributed by atoms with Crippen molar-refractivity contribution in [2.45, 2.75) is 17.9 Å². The second-order valence-electron chi connectivity index (χ2n) is 5.85. The molecule has 1 N–H and O–H groups in total. The number of anilines is 1. The summed E-state index contributed by atoms with van der Waals surface area (Å²) >= 11 is 0. The van der Waals surface area contributed by atoms with Crippen LogP contribution in [-0.4, -0.2) is 39.1 Å². The van der Waals surface area contributed by atoms with Crippen LogP contribution in [0.2, 0.25) is 0 Å². The Hall–Kier alpha value is -2.18. The topological polar surface area (TPSA) is 66.5 Å². The van der Waals surface area contributed by atoms with E-state index in [1.807, 2.05) is 49.2 Å². The smallest absolute Gasteiger partial charge is 0.238 e. The number of benzene rings is 2. The molecule has 0 bridgehead atoms. The Bertz CT molecular complexity index is 787. The van der Waals surface area contributed by atoms with Gasteiger partial charge in [0.25, 0.3) is 0 Å². The van der Waals surface area contributed by atoms with Crippen molar-refractivity contribution in [1.82, 2.24) is 4.90 Å². The second-order valence-corrected chi connectivity index (χ2v) is 7.86. The number of likely N-dealkylation sites (N-methyl/N-ethyl adjacent to an activating group) is 1. The van der Waals surface area contributed by atoms with Gasteiger partial charge >= 0.3 is 0 Å². The molecule has 0 spiro atoms. The summed E-state index contributed by atoms with van der Waals surface area (Å²) < 4.78 is 23.0. The minimum atomic E-state index is -3.20. The highest BCUT2D eigenvalue weighted by Gasteiger charge is 2.16. The fraction of sp³-hybridized carbons (Fsp3) is 0.278. The van der Waals surface area contributed by atoms with Gasteiger partial charge < -0.3 is 5.32 Å².